The number of carbonyl (C=O) groups is 1. The molecule has 0 radical (unpaired) electrons. The summed E-state index contributed by atoms with van der Waals surface area (Å²) in [5, 5.41) is 0. The summed E-state index contributed by atoms with van der Waals surface area (Å²) in [7, 11) is -2.12. The number of hydrogen-bond acceptors (Lipinski definition) is 4. The minimum Gasteiger partial charge on any atom is -0.496 e. The van der Waals surface area contributed by atoms with Crippen molar-refractivity contribution in [3.63, 3.8) is 0 Å². The Morgan fingerprint density at radius 1 is 1.12 bits per heavy atom. The van der Waals surface area contributed by atoms with Crippen LogP contribution in [0.15, 0.2) is 23.1 Å². The van der Waals surface area contributed by atoms with Gasteiger partial charge in [-0.15, -0.1) is 0 Å². The van der Waals surface area contributed by atoms with Crippen LogP contribution in [0.2, 0.25) is 0 Å². The highest BCUT2D eigenvalue weighted by atomic mass is 32.2. The van der Waals surface area contributed by atoms with Crippen LogP contribution in [0.25, 0.3) is 0 Å². The maximum atomic E-state index is 13.0. The van der Waals surface area contributed by atoms with E-state index in [-0.39, 0.29) is 10.8 Å². The second-order valence-corrected chi connectivity index (χ2v) is 8.10. The van der Waals surface area contributed by atoms with E-state index in [0.29, 0.717) is 37.5 Å². The van der Waals surface area contributed by atoms with Gasteiger partial charge in [0.05, 0.1) is 17.6 Å². The van der Waals surface area contributed by atoms with Crippen LogP contribution in [0.4, 0.5) is 0 Å². The van der Waals surface area contributed by atoms with Crippen LogP contribution in [0.1, 0.15) is 49.9 Å². The zero-order chi connectivity index (χ0) is 18.4. The molecule has 2 rings (SSSR count). The molecule has 0 spiro atoms. The lowest BCUT2D eigenvalue weighted by Crippen LogP contribution is -2.33. The van der Waals surface area contributed by atoms with Crippen molar-refractivity contribution >= 4 is 15.9 Å². The summed E-state index contributed by atoms with van der Waals surface area (Å²) in [6.07, 6.45) is 3.86. The molecule has 0 aliphatic carbocycles. The number of ether oxygens (including phenoxy) is 1. The van der Waals surface area contributed by atoms with E-state index in [1.54, 1.807) is 11.0 Å². The first-order chi connectivity index (χ1) is 12.0. The SMILES string of the molecule is CCN(CC)C(=O)c1cc(S(=O)(=O)N2CCCCCC2)ccc1OC. The largest absolute Gasteiger partial charge is 0.496 e. The van der Waals surface area contributed by atoms with Crippen LogP contribution < -0.4 is 4.74 Å². The molecule has 0 saturated carbocycles. The fourth-order valence-corrected chi connectivity index (χ4v) is 4.67. The molecule has 1 amide bonds. The average molecular weight is 368 g/mol. The normalized spacial score (nSPS) is 16.3. The molecule has 1 aliphatic heterocycles. The van der Waals surface area contributed by atoms with Gasteiger partial charge in [0, 0.05) is 26.2 Å². The zero-order valence-corrected chi connectivity index (χ0v) is 16.1. The third-order valence-corrected chi connectivity index (χ3v) is 6.55. The molecule has 140 valence electrons. The first-order valence-electron chi connectivity index (χ1n) is 8.93. The summed E-state index contributed by atoms with van der Waals surface area (Å²) in [5.74, 6) is 0.182. The van der Waals surface area contributed by atoms with Crippen LogP contribution in [-0.2, 0) is 10.0 Å². The molecule has 25 heavy (non-hydrogen) atoms. The van der Waals surface area contributed by atoms with Gasteiger partial charge in [0.25, 0.3) is 5.91 Å². The number of rotatable bonds is 6. The molecule has 1 aliphatic rings. The van der Waals surface area contributed by atoms with Gasteiger partial charge in [0.2, 0.25) is 10.0 Å². The number of nitrogens with zero attached hydrogens (tertiary/aromatic N) is 2. The Hall–Kier alpha value is -1.60. The van der Waals surface area contributed by atoms with Crippen molar-refractivity contribution < 1.29 is 17.9 Å². The molecule has 1 aromatic carbocycles. The summed E-state index contributed by atoms with van der Waals surface area (Å²) in [4.78, 5) is 14.5. The summed E-state index contributed by atoms with van der Waals surface area (Å²) >= 11 is 0. The van der Waals surface area contributed by atoms with E-state index < -0.39 is 10.0 Å². The van der Waals surface area contributed by atoms with Gasteiger partial charge in [-0.25, -0.2) is 8.42 Å². The van der Waals surface area contributed by atoms with Gasteiger partial charge in [0.15, 0.2) is 0 Å². The zero-order valence-electron chi connectivity index (χ0n) is 15.3. The van der Waals surface area contributed by atoms with Crippen LogP contribution >= 0.6 is 0 Å². The fraction of sp³-hybridized carbons (Fsp3) is 0.611. The first-order valence-corrected chi connectivity index (χ1v) is 10.4. The van der Waals surface area contributed by atoms with Crippen molar-refractivity contribution in [1.29, 1.82) is 0 Å². The number of hydrogen-bond donors (Lipinski definition) is 0. The van der Waals surface area contributed by atoms with Crippen molar-refractivity contribution in [2.45, 2.75) is 44.4 Å². The van der Waals surface area contributed by atoms with Crippen molar-refractivity contribution in [1.82, 2.24) is 9.21 Å². The molecular formula is C18H28N2O4S. The second-order valence-electron chi connectivity index (χ2n) is 6.16. The molecule has 1 saturated heterocycles. The summed E-state index contributed by atoms with van der Waals surface area (Å²) < 4.78 is 32.8. The Morgan fingerprint density at radius 3 is 2.24 bits per heavy atom. The van der Waals surface area contributed by atoms with Crippen molar-refractivity contribution in [3.05, 3.63) is 23.8 Å². The van der Waals surface area contributed by atoms with E-state index in [4.69, 9.17) is 4.74 Å². The lowest BCUT2D eigenvalue weighted by atomic mass is 10.1. The molecule has 1 heterocycles. The maximum Gasteiger partial charge on any atom is 0.257 e. The third-order valence-electron chi connectivity index (χ3n) is 4.65. The monoisotopic (exact) mass is 368 g/mol. The van der Waals surface area contributed by atoms with Gasteiger partial charge in [0.1, 0.15) is 5.75 Å². The van der Waals surface area contributed by atoms with Crippen LogP contribution in [0.5, 0.6) is 5.75 Å². The molecule has 0 N–H and O–H groups in total. The van der Waals surface area contributed by atoms with Crippen LogP contribution in [-0.4, -0.2) is 56.8 Å². The predicted molar refractivity (Wildman–Crippen MR) is 97.5 cm³/mol. The molecule has 0 atom stereocenters. The molecule has 1 aromatic rings. The highest BCUT2D eigenvalue weighted by molar-refractivity contribution is 7.89. The van der Waals surface area contributed by atoms with Crippen molar-refractivity contribution in [3.8, 4) is 5.75 Å². The van der Waals surface area contributed by atoms with E-state index >= 15 is 0 Å². The van der Waals surface area contributed by atoms with E-state index in [1.807, 2.05) is 13.8 Å². The van der Waals surface area contributed by atoms with Crippen molar-refractivity contribution in [2.24, 2.45) is 0 Å². The lowest BCUT2D eigenvalue weighted by Gasteiger charge is -2.22. The second kappa shape index (κ2) is 8.67. The molecule has 1 fully saturated rings. The highest BCUT2D eigenvalue weighted by Crippen LogP contribution is 2.27. The molecule has 0 unspecified atom stereocenters. The van der Waals surface area contributed by atoms with Gasteiger partial charge in [-0.05, 0) is 44.9 Å². The number of benzene rings is 1. The lowest BCUT2D eigenvalue weighted by molar-refractivity contribution is 0.0769. The van der Waals surface area contributed by atoms with Gasteiger partial charge < -0.3 is 9.64 Å². The topological polar surface area (TPSA) is 66.9 Å². The van der Waals surface area contributed by atoms with E-state index in [2.05, 4.69) is 0 Å². The van der Waals surface area contributed by atoms with Gasteiger partial charge >= 0.3 is 0 Å². The molecule has 0 bridgehead atoms. The smallest absolute Gasteiger partial charge is 0.257 e. The Morgan fingerprint density at radius 2 is 1.72 bits per heavy atom. The van der Waals surface area contributed by atoms with Crippen molar-refractivity contribution in [2.75, 3.05) is 33.3 Å². The maximum absolute atomic E-state index is 13.0. The van der Waals surface area contributed by atoms with E-state index in [0.717, 1.165) is 25.7 Å². The fourth-order valence-electron chi connectivity index (χ4n) is 3.13. The molecule has 6 nitrogen and oxygen atoms in total. The van der Waals surface area contributed by atoms with E-state index in [9.17, 15) is 13.2 Å². The summed E-state index contributed by atoms with van der Waals surface area (Å²) in [6, 6.07) is 4.55. The van der Waals surface area contributed by atoms with Gasteiger partial charge in [-0.1, -0.05) is 12.8 Å². The number of carbonyl (C=O) groups excluding carboxylic acids is 1. The predicted octanol–water partition coefficient (Wildman–Crippen LogP) is 2.74. The Labute approximate surface area is 150 Å². The first kappa shape index (κ1) is 19.7. The van der Waals surface area contributed by atoms with Crippen LogP contribution in [0.3, 0.4) is 0 Å². The summed E-state index contributed by atoms with van der Waals surface area (Å²) in [6.45, 7) is 5.97. The molecule has 7 heteroatoms. The van der Waals surface area contributed by atoms with Gasteiger partial charge in [-0.3, -0.25) is 4.79 Å². The molecule has 0 aromatic heterocycles. The third kappa shape index (κ3) is 4.33. The molecular weight excluding hydrogens is 340 g/mol. The minimum absolute atomic E-state index is 0.158. The number of amides is 1. The quantitative estimate of drug-likeness (QED) is 0.774. The van der Waals surface area contributed by atoms with Crippen LogP contribution in [0, 0.1) is 0 Å². The Balaban J connectivity index is 2.42. The minimum atomic E-state index is -3.60. The number of sulfonamides is 1. The number of methoxy groups -OCH3 is 1. The Bertz CT molecular complexity index is 691. The standard InChI is InChI=1S/C18H28N2O4S/c1-4-19(5-2)18(21)16-14-15(10-11-17(16)24-3)25(22,23)20-12-8-6-7-9-13-20/h10-11,14H,4-9,12-13H2,1-3H3. The summed E-state index contributed by atoms with van der Waals surface area (Å²) in [5.41, 5.74) is 0.294. The average Bonchev–Trinajstić information content (AvgIpc) is 2.92. The highest BCUT2D eigenvalue weighted by Gasteiger charge is 2.27. The van der Waals surface area contributed by atoms with E-state index in [1.165, 1.54) is 23.5 Å². The Kier molecular flexibility index (Phi) is 6.84. The van der Waals surface area contributed by atoms with Gasteiger partial charge in [-0.2, -0.15) is 4.31 Å².